The molecule has 1 aromatic carbocycles. The van der Waals surface area contributed by atoms with Crippen LogP contribution in [0.2, 0.25) is 0 Å². The highest BCUT2D eigenvalue weighted by Crippen LogP contribution is 2.26. The SMILES string of the molecule is CC(NCCCO)C(C)(C)c1ccccc1. The Balaban J connectivity index is 2.62. The normalized spacial score (nSPS) is 13.8. The van der Waals surface area contributed by atoms with Crippen molar-refractivity contribution < 1.29 is 5.11 Å². The van der Waals surface area contributed by atoms with Gasteiger partial charge in [0.1, 0.15) is 0 Å². The molecule has 1 unspecified atom stereocenters. The first-order chi connectivity index (χ1) is 7.59. The molecule has 1 aromatic rings. The van der Waals surface area contributed by atoms with Gasteiger partial charge in [-0.2, -0.15) is 0 Å². The Bertz CT molecular complexity index is 295. The fourth-order valence-corrected chi connectivity index (χ4v) is 1.77. The molecule has 0 amide bonds. The molecular formula is C14H23NO. The third kappa shape index (κ3) is 3.32. The molecule has 2 heteroatoms. The Morgan fingerprint density at radius 1 is 1.25 bits per heavy atom. The highest BCUT2D eigenvalue weighted by Gasteiger charge is 2.26. The summed E-state index contributed by atoms with van der Waals surface area (Å²) in [6, 6.07) is 10.9. The van der Waals surface area contributed by atoms with Gasteiger partial charge in [0.15, 0.2) is 0 Å². The monoisotopic (exact) mass is 221 g/mol. The predicted octanol–water partition coefficient (Wildman–Crippen LogP) is 2.32. The third-order valence-electron chi connectivity index (χ3n) is 3.39. The van der Waals surface area contributed by atoms with Crippen LogP contribution < -0.4 is 5.32 Å². The number of hydrogen-bond donors (Lipinski definition) is 2. The van der Waals surface area contributed by atoms with Gasteiger partial charge in [0.25, 0.3) is 0 Å². The standard InChI is InChI=1S/C14H23NO/c1-12(15-10-7-11-16)14(2,3)13-8-5-4-6-9-13/h4-6,8-9,12,15-16H,7,10-11H2,1-3H3. The molecule has 0 aromatic heterocycles. The van der Waals surface area contributed by atoms with Gasteiger partial charge in [-0.25, -0.2) is 0 Å². The molecule has 0 heterocycles. The zero-order chi connectivity index (χ0) is 12.0. The van der Waals surface area contributed by atoms with Crippen LogP contribution in [-0.4, -0.2) is 24.3 Å². The van der Waals surface area contributed by atoms with Crippen LogP contribution in [-0.2, 0) is 5.41 Å². The molecule has 0 saturated heterocycles. The van der Waals surface area contributed by atoms with Crippen molar-refractivity contribution in [1.82, 2.24) is 5.32 Å². The van der Waals surface area contributed by atoms with Crippen LogP contribution in [0.4, 0.5) is 0 Å². The van der Waals surface area contributed by atoms with E-state index in [1.165, 1.54) is 5.56 Å². The summed E-state index contributed by atoms with van der Waals surface area (Å²) in [6.07, 6.45) is 0.815. The van der Waals surface area contributed by atoms with Crippen LogP contribution in [0.5, 0.6) is 0 Å². The molecule has 16 heavy (non-hydrogen) atoms. The zero-order valence-corrected chi connectivity index (χ0v) is 10.5. The molecule has 1 atom stereocenters. The van der Waals surface area contributed by atoms with Gasteiger partial charge < -0.3 is 10.4 Å². The van der Waals surface area contributed by atoms with Gasteiger partial charge in [-0.05, 0) is 25.5 Å². The van der Waals surface area contributed by atoms with Crippen molar-refractivity contribution in [3.63, 3.8) is 0 Å². The first kappa shape index (κ1) is 13.2. The summed E-state index contributed by atoms with van der Waals surface area (Å²) in [4.78, 5) is 0. The molecule has 0 fully saturated rings. The van der Waals surface area contributed by atoms with Crippen molar-refractivity contribution in [2.24, 2.45) is 0 Å². The molecule has 2 nitrogen and oxygen atoms in total. The summed E-state index contributed by atoms with van der Waals surface area (Å²) in [6.45, 7) is 7.82. The zero-order valence-electron chi connectivity index (χ0n) is 10.5. The topological polar surface area (TPSA) is 32.3 Å². The van der Waals surface area contributed by atoms with E-state index in [0.717, 1.165) is 13.0 Å². The highest BCUT2D eigenvalue weighted by molar-refractivity contribution is 5.25. The maximum absolute atomic E-state index is 8.76. The lowest BCUT2D eigenvalue weighted by atomic mass is 9.78. The van der Waals surface area contributed by atoms with Crippen LogP contribution in [0.1, 0.15) is 32.8 Å². The van der Waals surface area contributed by atoms with Crippen molar-refractivity contribution in [2.75, 3.05) is 13.2 Å². The number of benzene rings is 1. The molecule has 0 aliphatic carbocycles. The van der Waals surface area contributed by atoms with E-state index in [9.17, 15) is 0 Å². The number of aliphatic hydroxyl groups excluding tert-OH is 1. The van der Waals surface area contributed by atoms with E-state index in [1.54, 1.807) is 0 Å². The van der Waals surface area contributed by atoms with Gasteiger partial charge >= 0.3 is 0 Å². The lowest BCUT2D eigenvalue weighted by Crippen LogP contribution is -2.43. The third-order valence-corrected chi connectivity index (χ3v) is 3.39. The van der Waals surface area contributed by atoms with E-state index in [4.69, 9.17) is 5.11 Å². The van der Waals surface area contributed by atoms with Crippen LogP contribution in [0.15, 0.2) is 30.3 Å². The number of hydrogen-bond acceptors (Lipinski definition) is 2. The summed E-state index contributed by atoms with van der Waals surface area (Å²) >= 11 is 0. The van der Waals surface area contributed by atoms with Gasteiger partial charge in [0, 0.05) is 18.1 Å². The predicted molar refractivity (Wildman–Crippen MR) is 68.6 cm³/mol. The lowest BCUT2D eigenvalue weighted by molar-refractivity contribution is 0.275. The van der Waals surface area contributed by atoms with Gasteiger partial charge in [0.2, 0.25) is 0 Å². The molecule has 2 N–H and O–H groups in total. The van der Waals surface area contributed by atoms with E-state index < -0.39 is 0 Å². The minimum absolute atomic E-state index is 0.108. The maximum atomic E-state index is 8.76. The van der Waals surface area contributed by atoms with Crippen molar-refractivity contribution >= 4 is 0 Å². The number of nitrogens with one attached hydrogen (secondary N) is 1. The van der Waals surface area contributed by atoms with E-state index >= 15 is 0 Å². The maximum Gasteiger partial charge on any atom is 0.0443 e. The van der Waals surface area contributed by atoms with Crippen molar-refractivity contribution in [3.05, 3.63) is 35.9 Å². The molecule has 0 aliphatic rings. The minimum atomic E-state index is 0.108. The molecule has 0 radical (unpaired) electrons. The van der Waals surface area contributed by atoms with Gasteiger partial charge in [0.05, 0.1) is 0 Å². The molecule has 0 saturated carbocycles. The Morgan fingerprint density at radius 2 is 1.88 bits per heavy atom. The van der Waals surface area contributed by atoms with Crippen LogP contribution >= 0.6 is 0 Å². The van der Waals surface area contributed by atoms with E-state index in [0.29, 0.717) is 6.04 Å². The number of aliphatic hydroxyl groups is 1. The summed E-state index contributed by atoms with van der Waals surface area (Å²) in [5.74, 6) is 0. The largest absolute Gasteiger partial charge is 0.396 e. The fraction of sp³-hybridized carbons (Fsp3) is 0.571. The molecule has 0 aliphatic heterocycles. The average molecular weight is 221 g/mol. The highest BCUT2D eigenvalue weighted by atomic mass is 16.3. The molecule has 90 valence electrons. The van der Waals surface area contributed by atoms with Crippen LogP contribution in [0, 0.1) is 0 Å². The summed E-state index contributed by atoms with van der Waals surface area (Å²) < 4.78 is 0. The van der Waals surface area contributed by atoms with Crippen LogP contribution in [0.25, 0.3) is 0 Å². The van der Waals surface area contributed by atoms with Crippen LogP contribution in [0.3, 0.4) is 0 Å². The second-order valence-corrected chi connectivity index (χ2v) is 4.84. The Hall–Kier alpha value is -0.860. The van der Waals surface area contributed by atoms with Gasteiger partial charge in [-0.1, -0.05) is 44.2 Å². The lowest BCUT2D eigenvalue weighted by Gasteiger charge is -2.33. The average Bonchev–Trinajstić information content (AvgIpc) is 2.30. The van der Waals surface area contributed by atoms with E-state index in [1.807, 2.05) is 6.07 Å². The Morgan fingerprint density at radius 3 is 2.44 bits per heavy atom. The smallest absolute Gasteiger partial charge is 0.0443 e. The van der Waals surface area contributed by atoms with Gasteiger partial charge in [-0.3, -0.25) is 0 Å². The van der Waals surface area contributed by atoms with Crippen molar-refractivity contribution in [2.45, 2.75) is 38.6 Å². The molecular weight excluding hydrogens is 198 g/mol. The van der Waals surface area contributed by atoms with Crippen molar-refractivity contribution in [3.8, 4) is 0 Å². The second-order valence-electron chi connectivity index (χ2n) is 4.84. The Labute approximate surface area is 98.7 Å². The molecule has 1 rings (SSSR count). The van der Waals surface area contributed by atoms with E-state index in [2.05, 4.69) is 50.4 Å². The van der Waals surface area contributed by atoms with Gasteiger partial charge in [-0.15, -0.1) is 0 Å². The van der Waals surface area contributed by atoms with E-state index in [-0.39, 0.29) is 12.0 Å². The summed E-state index contributed by atoms with van der Waals surface area (Å²) in [5, 5.41) is 12.2. The summed E-state index contributed by atoms with van der Waals surface area (Å²) in [7, 11) is 0. The molecule has 0 spiro atoms. The molecule has 0 bridgehead atoms. The minimum Gasteiger partial charge on any atom is -0.396 e. The first-order valence-electron chi connectivity index (χ1n) is 5.99. The first-order valence-corrected chi connectivity index (χ1v) is 5.99. The van der Waals surface area contributed by atoms with Crippen molar-refractivity contribution in [1.29, 1.82) is 0 Å². The number of rotatable bonds is 6. The quantitative estimate of drug-likeness (QED) is 0.723. The fourth-order valence-electron chi connectivity index (χ4n) is 1.77. The second kappa shape index (κ2) is 6.02. The Kier molecular flexibility index (Phi) is 4.97. The summed E-state index contributed by atoms with van der Waals surface area (Å²) in [5.41, 5.74) is 1.45.